The van der Waals surface area contributed by atoms with Gasteiger partial charge in [0.05, 0.1) is 17.5 Å². The van der Waals surface area contributed by atoms with Crippen LogP contribution in [-0.2, 0) is 17.8 Å². The normalized spacial score (nSPS) is 18.0. The Balaban J connectivity index is 1.52. The van der Waals surface area contributed by atoms with E-state index in [1.165, 1.54) is 6.20 Å². The van der Waals surface area contributed by atoms with Gasteiger partial charge in [-0.15, -0.1) is 0 Å². The van der Waals surface area contributed by atoms with Gasteiger partial charge in [-0.05, 0) is 37.9 Å². The lowest BCUT2D eigenvalue weighted by Crippen LogP contribution is -2.40. The number of aryl methyl sites for hydroxylation is 1. The molecule has 1 aliphatic rings. The number of nitrogens with zero attached hydrogens (tertiary/aromatic N) is 4. The number of pyridine rings is 1. The Hall–Kier alpha value is -1.99. The molecule has 3 rings (SSSR count). The minimum Gasteiger partial charge on any atom is -0.338 e. The fourth-order valence-corrected chi connectivity index (χ4v) is 3.19. The standard InChI is InChI=1S/C18H24ClN5O2/c1-2-3-6-16-21-17(26-23-16)12-24-9-4-5-13(11-24)18(25)22-15-8-7-14(19)10-20-15/h7-8,10,13H,2-6,9,11-12H2,1H3,(H,20,22,25). The van der Waals surface area contributed by atoms with Gasteiger partial charge in [0, 0.05) is 19.2 Å². The third-order valence-corrected chi connectivity index (χ3v) is 4.70. The van der Waals surface area contributed by atoms with Crippen LogP contribution in [0.25, 0.3) is 0 Å². The summed E-state index contributed by atoms with van der Waals surface area (Å²) < 4.78 is 5.34. The molecule has 1 unspecified atom stereocenters. The molecule has 0 bridgehead atoms. The number of halogens is 1. The average Bonchev–Trinajstić information content (AvgIpc) is 3.09. The minimum absolute atomic E-state index is 0.0151. The van der Waals surface area contributed by atoms with E-state index in [4.69, 9.17) is 16.1 Å². The lowest BCUT2D eigenvalue weighted by molar-refractivity contribution is -0.121. The molecule has 1 fully saturated rings. The Kier molecular flexibility index (Phi) is 6.57. The fourth-order valence-electron chi connectivity index (χ4n) is 3.07. The molecule has 0 spiro atoms. The third-order valence-electron chi connectivity index (χ3n) is 4.48. The summed E-state index contributed by atoms with van der Waals surface area (Å²) in [6.07, 6.45) is 6.36. The van der Waals surface area contributed by atoms with Gasteiger partial charge < -0.3 is 9.84 Å². The molecule has 1 atom stereocenters. The van der Waals surface area contributed by atoms with Crippen molar-refractivity contribution in [3.63, 3.8) is 0 Å². The maximum atomic E-state index is 12.5. The first-order valence-electron chi connectivity index (χ1n) is 9.10. The summed E-state index contributed by atoms with van der Waals surface area (Å²) in [7, 11) is 0. The van der Waals surface area contributed by atoms with Crippen molar-refractivity contribution in [2.75, 3.05) is 18.4 Å². The molecule has 0 aliphatic carbocycles. The molecular formula is C18H24ClN5O2. The first-order chi connectivity index (χ1) is 12.6. The van der Waals surface area contributed by atoms with Gasteiger partial charge in [0.2, 0.25) is 11.8 Å². The largest absolute Gasteiger partial charge is 0.338 e. The van der Waals surface area contributed by atoms with Crippen LogP contribution in [0.3, 0.4) is 0 Å². The monoisotopic (exact) mass is 377 g/mol. The predicted molar refractivity (Wildman–Crippen MR) is 98.8 cm³/mol. The number of rotatable bonds is 7. The number of anilines is 1. The van der Waals surface area contributed by atoms with Crippen molar-refractivity contribution in [3.8, 4) is 0 Å². The molecule has 1 aliphatic heterocycles. The maximum absolute atomic E-state index is 12.5. The van der Waals surface area contributed by atoms with Gasteiger partial charge in [-0.2, -0.15) is 4.98 Å². The van der Waals surface area contributed by atoms with Crippen molar-refractivity contribution in [2.24, 2.45) is 5.92 Å². The quantitative estimate of drug-likeness (QED) is 0.796. The number of hydrogen-bond acceptors (Lipinski definition) is 6. The number of hydrogen-bond donors (Lipinski definition) is 1. The summed E-state index contributed by atoms with van der Waals surface area (Å²) in [5.74, 6) is 1.81. The van der Waals surface area contributed by atoms with Crippen LogP contribution < -0.4 is 5.32 Å². The third kappa shape index (κ3) is 5.25. The van der Waals surface area contributed by atoms with Crippen LogP contribution >= 0.6 is 11.6 Å². The van der Waals surface area contributed by atoms with Crippen LogP contribution in [0, 0.1) is 5.92 Å². The highest BCUT2D eigenvalue weighted by Gasteiger charge is 2.27. The maximum Gasteiger partial charge on any atom is 0.240 e. The zero-order valence-corrected chi connectivity index (χ0v) is 15.7. The Morgan fingerprint density at radius 1 is 1.46 bits per heavy atom. The molecule has 3 heterocycles. The van der Waals surface area contributed by atoms with E-state index < -0.39 is 0 Å². The number of piperidine rings is 1. The number of likely N-dealkylation sites (tertiary alicyclic amines) is 1. The molecule has 1 saturated heterocycles. The molecule has 2 aromatic rings. The van der Waals surface area contributed by atoms with Crippen LogP contribution in [0.5, 0.6) is 0 Å². The summed E-state index contributed by atoms with van der Waals surface area (Å²) in [5.41, 5.74) is 0. The van der Waals surface area contributed by atoms with Crippen molar-refractivity contribution in [1.29, 1.82) is 0 Å². The number of unbranched alkanes of at least 4 members (excludes halogenated alkanes) is 1. The Labute approximate surface area is 158 Å². The molecule has 7 nitrogen and oxygen atoms in total. The van der Waals surface area contributed by atoms with Gasteiger partial charge in [0.15, 0.2) is 5.82 Å². The van der Waals surface area contributed by atoms with Gasteiger partial charge in [-0.1, -0.05) is 30.1 Å². The van der Waals surface area contributed by atoms with Gasteiger partial charge in [-0.3, -0.25) is 9.69 Å². The van der Waals surface area contributed by atoms with Crippen molar-refractivity contribution in [1.82, 2.24) is 20.0 Å². The number of nitrogens with one attached hydrogen (secondary N) is 1. The van der Waals surface area contributed by atoms with E-state index >= 15 is 0 Å². The molecular weight excluding hydrogens is 354 g/mol. The van der Waals surface area contributed by atoms with E-state index in [1.54, 1.807) is 12.1 Å². The van der Waals surface area contributed by atoms with Crippen LogP contribution in [0.2, 0.25) is 5.02 Å². The molecule has 140 valence electrons. The van der Waals surface area contributed by atoms with E-state index in [9.17, 15) is 4.79 Å². The summed E-state index contributed by atoms with van der Waals surface area (Å²) in [6, 6.07) is 3.42. The van der Waals surface area contributed by atoms with Gasteiger partial charge >= 0.3 is 0 Å². The van der Waals surface area contributed by atoms with E-state index in [0.717, 1.165) is 44.5 Å². The smallest absolute Gasteiger partial charge is 0.240 e. The fraction of sp³-hybridized carbons (Fsp3) is 0.556. The summed E-state index contributed by atoms with van der Waals surface area (Å²) in [5, 5.41) is 7.43. The first-order valence-corrected chi connectivity index (χ1v) is 9.48. The second-order valence-corrected chi connectivity index (χ2v) is 7.07. The van der Waals surface area contributed by atoms with E-state index in [-0.39, 0.29) is 11.8 Å². The molecule has 1 amide bonds. The highest BCUT2D eigenvalue weighted by molar-refractivity contribution is 6.30. The number of amides is 1. The minimum atomic E-state index is -0.0799. The van der Waals surface area contributed by atoms with E-state index in [0.29, 0.717) is 29.8 Å². The second-order valence-electron chi connectivity index (χ2n) is 6.63. The van der Waals surface area contributed by atoms with E-state index in [1.807, 2.05) is 0 Å². The zero-order valence-electron chi connectivity index (χ0n) is 14.9. The average molecular weight is 378 g/mol. The molecule has 0 saturated carbocycles. The first kappa shape index (κ1) is 18.8. The van der Waals surface area contributed by atoms with Crippen molar-refractivity contribution in [3.05, 3.63) is 35.1 Å². The van der Waals surface area contributed by atoms with Crippen LogP contribution in [0.4, 0.5) is 5.82 Å². The van der Waals surface area contributed by atoms with Gasteiger partial charge in [0.1, 0.15) is 5.82 Å². The number of carbonyl (C=O) groups excluding carboxylic acids is 1. The molecule has 1 N–H and O–H groups in total. The molecule has 0 aromatic carbocycles. The topological polar surface area (TPSA) is 84.2 Å². The van der Waals surface area contributed by atoms with Crippen LogP contribution in [-0.4, -0.2) is 39.0 Å². The summed E-state index contributed by atoms with van der Waals surface area (Å²) in [4.78, 5) is 23.3. The van der Waals surface area contributed by atoms with Crippen LogP contribution in [0.15, 0.2) is 22.9 Å². The highest BCUT2D eigenvalue weighted by atomic mass is 35.5. The summed E-state index contributed by atoms with van der Waals surface area (Å²) >= 11 is 5.82. The zero-order chi connectivity index (χ0) is 18.4. The highest BCUT2D eigenvalue weighted by Crippen LogP contribution is 2.20. The SMILES string of the molecule is CCCCc1noc(CN2CCCC(C(=O)Nc3ccc(Cl)cn3)C2)n1. The lowest BCUT2D eigenvalue weighted by Gasteiger charge is -2.30. The van der Waals surface area contributed by atoms with Crippen LogP contribution in [0.1, 0.15) is 44.3 Å². The Morgan fingerprint density at radius 2 is 2.35 bits per heavy atom. The summed E-state index contributed by atoms with van der Waals surface area (Å²) in [6.45, 7) is 4.32. The lowest BCUT2D eigenvalue weighted by atomic mass is 9.97. The number of carbonyl (C=O) groups is 1. The van der Waals surface area contributed by atoms with Crippen molar-refractivity contribution < 1.29 is 9.32 Å². The molecule has 26 heavy (non-hydrogen) atoms. The predicted octanol–water partition coefficient (Wildman–Crippen LogP) is 3.31. The molecule has 0 radical (unpaired) electrons. The number of aromatic nitrogens is 3. The Bertz CT molecular complexity index is 719. The molecule has 2 aromatic heterocycles. The van der Waals surface area contributed by atoms with E-state index in [2.05, 4.69) is 32.3 Å². The van der Waals surface area contributed by atoms with Crippen molar-refractivity contribution >= 4 is 23.3 Å². The van der Waals surface area contributed by atoms with Gasteiger partial charge in [-0.25, -0.2) is 4.98 Å². The second kappa shape index (κ2) is 9.09. The Morgan fingerprint density at radius 3 is 3.12 bits per heavy atom. The van der Waals surface area contributed by atoms with Gasteiger partial charge in [0.25, 0.3) is 0 Å². The van der Waals surface area contributed by atoms with Crippen molar-refractivity contribution in [2.45, 2.75) is 45.6 Å². The molecule has 8 heteroatoms.